The minimum Gasteiger partial charge on any atom is -0.479 e. The molecule has 1 amide bonds. The molecule has 31 heavy (non-hydrogen) atoms. The molecule has 2 aromatic carbocycles. The number of aliphatic hydroxyl groups excluding tert-OH is 2. The molecule has 3 rings (SSSR count). The van der Waals surface area contributed by atoms with Crippen LogP contribution < -0.4 is 11.1 Å². The first kappa shape index (κ1) is 24.0. The van der Waals surface area contributed by atoms with Gasteiger partial charge < -0.3 is 31.5 Å². The van der Waals surface area contributed by atoms with Gasteiger partial charge in [-0.05, 0) is 36.6 Å². The van der Waals surface area contributed by atoms with Crippen molar-refractivity contribution < 1.29 is 34.8 Å². The van der Waals surface area contributed by atoms with E-state index in [0.717, 1.165) is 30.6 Å². The van der Waals surface area contributed by atoms with Crippen LogP contribution in [0.3, 0.4) is 0 Å². The van der Waals surface area contributed by atoms with E-state index in [1.807, 2.05) is 60.7 Å². The molecular weight excluding hydrogens is 404 g/mol. The van der Waals surface area contributed by atoms with Gasteiger partial charge >= 0.3 is 11.9 Å². The molecule has 0 radical (unpaired) electrons. The summed E-state index contributed by atoms with van der Waals surface area (Å²) in [5.41, 5.74) is 7.16. The zero-order chi connectivity index (χ0) is 23.0. The second kappa shape index (κ2) is 10.7. The van der Waals surface area contributed by atoms with Crippen LogP contribution in [-0.2, 0) is 19.8 Å². The second-order valence-electron chi connectivity index (χ2n) is 7.16. The van der Waals surface area contributed by atoms with Crippen molar-refractivity contribution in [1.82, 2.24) is 5.32 Å². The van der Waals surface area contributed by atoms with Crippen LogP contribution in [0.2, 0.25) is 0 Å². The van der Waals surface area contributed by atoms with E-state index in [9.17, 15) is 14.4 Å². The number of amides is 1. The molecule has 0 aliphatic carbocycles. The van der Waals surface area contributed by atoms with Crippen molar-refractivity contribution in [2.75, 3.05) is 13.1 Å². The number of aliphatic hydroxyl groups is 2. The van der Waals surface area contributed by atoms with E-state index in [2.05, 4.69) is 5.32 Å². The quantitative estimate of drug-likeness (QED) is 0.355. The minimum atomic E-state index is -2.27. The zero-order valence-electron chi connectivity index (χ0n) is 16.7. The van der Waals surface area contributed by atoms with Crippen molar-refractivity contribution in [3.8, 4) is 0 Å². The molecule has 0 aromatic heterocycles. The first-order chi connectivity index (χ1) is 14.7. The first-order valence-electron chi connectivity index (χ1n) is 9.66. The summed E-state index contributed by atoms with van der Waals surface area (Å²) >= 11 is 0. The van der Waals surface area contributed by atoms with Crippen LogP contribution in [-0.4, -0.2) is 63.6 Å². The van der Waals surface area contributed by atoms with Gasteiger partial charge in [0.05, 0.1) is 0 Å². The molecule has 1 aliphatic rings. The number of carbonyl (C=O) groups is 3. The Morgan fingerprint density at radius 1 is 0.871 bits per heavy atom. The molecule has 0 unspecified atom stereocenters. The molecule has 3 atom stereocenters. The number of nitrogens with two attached hydrogens (primary N) is 1. The molecule has 9 heteroatoms. The highest BCUT2D eigenvalue weighted by Crippen LogP contribution is 2.41. The Kier molecular flexibility index (Phi) is 8.26. The summed E-state index contributed by atoms with van der Waals surface area (Å²) in [7, 11) is 0. The van der Waals surface area contributed by atoms with E-state index in [4.69, 9.17) is 26.2 Å². The third kappa shape index (κ3) is 5.26. The Morgan fingerprint density at radius 3 is 1.58 bits per heavy atom. The Hall–Kier alpha value is -3.27. The maximum Gasteiger partial charge on any atom is 0.335 e. The molecule has 2 aromatic rings. The van der Waals surface area contributed by atoms with E-state index in [-0.39, 0.29) is 11.8 Å². The van der Waals surface area contributed by atoms with Gasteiger partial charge in [0.25, 0.3) is 0 Å². The van der Waals surface area contributed by atoms with Gasteiger partial charge in [-0.25, -0.2) is 9.59 Å². The number of carboxylic acids is 2. The van der Waals surface area contributed by atoms with Crippen LogP contribution in [0, 0.1) is 5.92 Å². The molecule has 0 spiro atoms. The molecule has 9 nitrogen and oxygen atoms in total. The monoisotopic (exact) mass is 430 g/mol. The Bertz CT molecular complexity index is 826. The fraction of sp³-hybridized carbons (Fsp3) is 0.318. The molecule has 166 valence electrons. The lowest BCUT2D eigenvalue weighted by Crippen LogP contribution is -2.49. The maximum atomic E-state index is 12.6. The normalized spacial score (nSPS) is 17.7. The number of primary amides is 1. The molecule has 7 N–H and O–H groups in total. The van der Waals surface area contributed by atoms with E-state index in [1.54, 1.807) is 0 Å². The number of carboxylic acid groups (broad SMARTS) is 2. The third-order valence-corrected chi connectivity index (χ3v) is 5.32. The molecular formula is C22H26N2O7. The lowest BCUT2D eigenvalue weighted by atomic mass is 9.65. The highest BCUT2D eigenvalue weighted by molar-refractivity contribution is 5.91. The zero-order valence-corrected chi connectivity index (χ0v) is 16.7. The number of carbonyl (C=O) groups excluding carboxylic acids is 1. The standard InChI is InChI=1S/C18H20N2O.C4H6O6/c19-17(21)18(16-11-12-20-13-16,14-7-3-1-4-8-14)15-9-5-2-6-10-15;5-1(3(7)8)2(6)4(9)10/h1-10,16,20H,11-13H2,(H2,19,21);1-2,5-6H,(H,7,8)(H,9,10)/t16-;1-,2-/m11/s1. The van der Waals surface area contributed by atoms with Crippen molar-refractivity contribution in [1.29, 1.82) is 0 Å². The molecule has 0 bridgehead atoms. The summed E-state index contributed by atoms with van der Waals surface area (Å²) in [5, 5.41) is 35.9. The molecule has 1 saturated heterocycles. The predicted octanol–water partition coefficient (Wildman–Crippen LogP) is -0.0551. The lowest BCUT2D eigenvalue weighted by Gasteiger charge is -2.37. The number of hydrogen-bond acceptors (Lipinski definition) is 6. The topological polar surface area (TPSA) is 170 Å². The highest BCUT2D eigenvalue weighted by Gasteiger charge is 2.48. The number of benzene rings is 2. The summed E-state index contributed by atoms with van der Waals surface area (Å²) in [6, 6.07) is 19.9. The smallest absolute Gasteiger partial charge is 0.335 e. The summed E-state index contributed by atoms with van der Waals surface area (Å²) < 4.78 is 0. The summed E-state index contributed by atoms with van der Waals surface area (Å²) in [6.45, 7) is 1.74. The van der Waals surface area contributed by atoms with Gasteiger partial charge in [-0.1, -0.05) is 60.7 Å². The van der Waals surface area contributed by atoms with Crippen LogP contribution in [0.15, 0.2) is 60.7 Å². The Labute approximate surface area is 179 Å². The van der Waals surface area contributed by atoms with E-state index >= 15 is 0 Å². The highest BCUT2D eigenvalue weighted by atomic mass is 16.4. The SMILES string of the molecule is NC(=O)C(c1ccccc1)(c1ccccc1)[C@@H]1CCNC1.O=C(O)[C@H](O)[C@@H](O)C(=O)O. The minimum absolute atomic E-state index is 0.180. The van der Waals surface area contributed by atoms with Crippen LogP contribution in [0.5, 0.6) is 0 Å². The van der Waals surface area contributed by atoms with Gasteiger partial charge in [0.15, 0.2) is 12.2 Å². The van der Waals surface area contributed by atoms with Gasteiger partial charge in [0, 0.05) is 0 Å². The van der Waals surface area contributed by atoms with Crippen molar-refractivity contribution in [2.45, 2.75) is 24.0 Å². The van der Waals surface area contributed by atoms with Crippen molar-refractivity contribution in [2.24, 2.45) is 11.7 Å². The Morgan fingerprint density at radius 2 is 1.29 bits per heavy atom. The van der Waals surface area contributed by atoms with Gasteiger partial charge in [-0.2, -0.15) is 0 Å². The van der Waals surface area contributed by atoms with Crippen LogP contribution in [0.1, 0.15) is 17.5 Å². The largest absolute Gasteiger partial charge is 0.479 e. The number of rotatable bonds is 7. The number of nitrogens with one attached hydrogen (secondary N) is 1. The molecule has 1 aliphatic heterocycles. The van der Waals surface area contributed by atoms with Gasteiger partial charge in [0.2, 0.25) is 5.91 Å². The Balaban J connectivity index is 0.000000291. The second-order valence-corrected chi connectivity index (χ2v) is 7.16. The molecule has 1 heterocycles. The van der Waals surface area contributed by atoms with Gasteiger partial charge in [-0.15, -0.1) is 0 Å². The first-order valence-corrected chi connectivity index (χ1v) is 9.66. The summed E-state index contributed by atoms with van der Waals surface area (Å²) in [4.78, 5) is 32.1. The van der Waals surface area contributed by atoms with Crippen molar-refractivity contribution in [3.63, 3.8) is 0 Å². The van der Waals surface area contributed by atoms with Gasteiger partial charge in [-0.3, -0.25) is 4.79 Å². The van der Waals surface area contributed by atoms with Crippen molar-refractivity contribution in [3.05, 3.63) is 71.8 Å². The van der Waals surface area contributed by atoms with Crippen LogP contribution in [0.25, 0.3) is 0 Å². The van der Waals surface area contributed by atoms with E-state index < -0.39 is 29.6 Å². The summed E-state index contributed by atoms with van der Waals surface area (Å²) in [6.07, 6.45) is -3.58. The fourth-order valence-electron chi connectivity index (χ4n) is 3.82. The van der Waals surface area contributed by atoms with E-state index in [1.165, 1.54) is 0 Å². The van der Waals surface area contributed by atoms with Crippen molar-refractivity contribution >= 4 is 17.8 Å². The number of hydrogen-bond donors (Lipinski definition) is 6. The maximum absolute atomic E-state index is 12.6. The van der Waals surface area contributed by atoms with Gasteiger partial charge in [0.1, 0.15) is 5.41 Å². The average molecular weight is 430 g/mol. The van der Waals surface area contributed by atoms with E-state index in [0.29, 0.717) is 0 Å². The molecule has 0 saturated carbocycles. The number of aliphatic carboxylic acids is 2. The average Bonchev–Trinajstić information content (AvgIpc) is 3.30. The van der Waals surface area contributed by atoms with Crippen LogP contribution in [0.4, 0.5) is 0 Å². The molecule has 1 fully saturated rings. The lowest BCUT2D eigenvalue weighted by molar-refractivity contribution is -0.165. The third-order valence-electron chi connectivity index (χ3n) is 5.32. The van der Waals surface area contributed by atoms with Crippen LogP contribution >= 0.6 is 0 Å². The summed E-state index contributed by atoms with van der Waals surface area (Å²) in [5.74, 6) is -3.63. The predicted molar refractivity (Wildman–Crippen MR) is 111 cm³/mol. The fourth-order valence-corrected chi connectivity index (χ4v) is 3.82.